The van der Waals surface area contributed by atoms with Crippen molar-refractivity contribution in [1.29, 1.82) is 0 Å². The number of hydrogen-bond donors (Lipinski definition) is 2. The van der Waals surface area contributed by atoms with Gasteiger partial charge in [-0.3, -0.25) is 9.59 Å². The quantitative estimate of drug-likeness (QED) is 0.659. The topological polar surface area (TPSA) is 61.4 Å². The standard InChI is InChI=1S/C23H28ClN3O2/c1-27(2)21(17-12-13-17)15-25-22(28)14-20(16-8-4-3-5-9-16)26-23(29)18-10-6-7-11-19(18)24/h3-11,17,20-21H,12-15H2,1-2H3,(H,25,28)(H,26,29)/t20-,21+/m0/s1. The SMILES string of the molecule is CN(C)[C@H](CNC(=O)C[C@H](NC(=O)c1ccccc1Cl)c1ccccc1)C1CC1. The van der Waals surface area contributed by atoms with Gasteiger partial charge >= 0.3 is 0 Å². The van der Waals surface area contributed by atoms with Crippen LogP contribution in [0.3, 0.4) is 0 Å². The summed E-state index contributed by atoms with van der Waals surface area (Å²) in [5.41, 5.74) is 1.28. The number of hydrogen-bond acceptors (Lipinski definition) is 3. The highest BCUT2D eigenvalue weighted by molar-refractivity contribution is 6.33. The van der Waals surface area contributed by atoms with Gasteiger partial charge in [0, 0.05) is 12.6 Å². The third kappa shape index (κ3) is 6.05. The van der Waals surface area contributed by atoms with Gasteiger partial charge in [0.05, 0.1) is 23.0 Å². The summed E-state index contributed by atoms with van der Waals surface area (Å²) in [6.45, 7) is 0.621. The zero-order valence-corrected chi connectivity index (χ0v) is 17.7. The van der Waals surface area contributed by atoms with Crippen molar-refractivity contribution >= 4 is 23.4 Å². The molecule has 0 bridgehead atoms. The summed E-state index contributed by atoms with van der Waals surface area (Å²) >= 11 is 6.16. The van der Waals surface area contributed by atoms with Gasteiger partial charge in [-0.05, 0) is 50.6 Å². The van der Waals surface area contributed by atoms with Crippen molar-refractivity contribution in [2.24, 2.45) is 5.92 Å². The third-order valence-corrected chi connectivity index (χ3v) is 5.68. The molecule has 2 aromatic carbocycles. The summed E-state index contributed by atoms with van der Waals surface area (Å²) in [6, 6.07) is 16.4. The normalized spacial score (nSPS) is 15.6. The van der Waals surface area contributed by atoms with Gasteiger partial charge in [-0.2, -0.15) is 0 Å². The van der Waals surface area contributed by atoms with Crippen LogP contribution in [-0.4, -0.2) is 43.4 Å². The largest absolute Gasteiger partial charge is 0.354 e. The minimum absolute atomic E-state index is 0.0780. The second-order valence-corrected chi connectivity index (χ2v) is 8.20. The molecule has 1 saturated carbocycles. The van der Waals surface area contributed by atoms with Crippen LogP contribution in [0, 0.1) is 5.92 Å². The lowest BCUT2D eigenvalue weighted by molar-refractivity contribution is -0.121. The summed E-state index contributed by atoms with van der Waals surface area (Å²) in [5, 5.41) is 6.41. The van der Waals surface area contributed by atoms with Gasteiger partial charge in [0.25, 0.3) is 5.91 Å². The second kappa shape index (κ2) is 9.90. The van der Waals surface area contributed by atoms with Crippen LogP contribution >= 0.6 is 11.6 Å². The first-order chi connectivity index (χ1) is 14.0. The molecule has 0 spiro atoms. The molecular weight excluding hydrogens is 386 g/mol. The van der Waals surface area contributed by atoms with Gasteiger partial charge in [0.1, 0.15) is 0 Å². The Kier molecular flexibility index (Phi) is 7.29. The van der Waals surface area contributed by atoms with Gasteiger partial charge in [-0.25, -0.2) is 0 Å². The molecule has 3 rings (SSSR count). The van der Waals surface area contributed by atoms with E-state index in [-0.39, 0.29) is 18.2 Å². The maximum absolute atomic E-state index is 12.7. The summed E-state index contributed by atoms with van der Waals surface area (Å²) in [4.78, 5) is 27.6. The van der Waals surface area contributed by atoms with Gasteiger partial charge in [-0.15, -0.1) is 0 Å². The number of nitrogens with one attached hydrogen (secondary N) is 2. The second-order valence-electron chi connectivity index (χ2n) is 7.79. The van der Waals surface area contributed by atoms with Crippen LogP contribution in [0.2, 0.25) is 5.02 Å². The minimum atomic E-state index is -0.432. The van der Waals surface area contributed by atoms with Crippen molar-refractivity contribution in [2.45, 2.75) is 31.3 Å². The number of carbonyl (C=O) groups excluding carboxylic acids is 2. The predicted molar refractivity (Wildman–Crippen MR) is 116 cm³/mol. The van der Waals surface area contributed by atoms with Crippen LogP contribution in [0.4, 0.5) is 0 Å². The monoisotopic (exact) mass is 413 g/mol. The van der Waals surface area contributed by atoms with Crippen molar-refractivity contribution in [1.82, 2.24) is 15.5 Å². The van der Waals surface area contributed by atoms with Gasteiger partial charge in [-0.1, -0.05) is 54.1 Å². The van der Waals surface area contributed by atoms with E-state index >= 15 is 0 Å². The lowest BCUT2D eigenvalue weighted by Crippen LogP contribution is -2.42. The number of benzene rings is 2. The van der Waals surface area contributed by atoms with E-state index < -0.39 is 6.04 Å². The number of rotatable bonds is 9. The molecular formula is C23H28ClN3O2. The highest BCUT2D eigenvalue weighted by Gasteiger charge is 2.32. The molecule has 0 radical (unpaired) electrons. The molecule has 5 nitrogen and oxygen atoms in total. The van der Waals surface area contributed by atoms with E-state index in [0.717, 1.165) is 5.56 Å². The van der Waals surface area contributed by atoms with E-state index in [0.29, 0.717) is 29.1 Å². The molecule has 1 aliphatic rings. The lowest BCUT2D eigenvalue weighted by atomic mass is 10.0. The molecule has 29 heavy (non-hydrogen) atoms. The Morgan fingerprint density at radius 1 is 1.07 bits per heavy atom. The Balaban J connectivity index is 1.66. The maximum atomic E-state index is 12.7. The van der Waals surface area contributed by atoms with Crippen molar-refractivity contribution < 1.29 is 9.59 Å². The molecule has 1 aliphatic carbocycles. The number of halogens is 1. The Labute approximate surface area is 177 Å². The minimum Gasteiger partial charge on any atom is -0.354 e. The molecule has 1 fully saturated rings. The first-order valence-electron chi connectivity index (χ1n) is 9.99. The first-order valence-corrected chi connectivity index (χ1v) is 10.4. The highest BCUT2D eigenvalue weighted by atomic mass is 35.5. The van der Waals surface area contributed by atoms with Crippen molar-refractivity contribution in [3.63, 3.8) is 0 Å². The molecule has 2 N–H and O–H groups in total. The molecule has 0 aliphatic heterocycles. The van der Waals surface area contributed by atoms with E-state index in [9.17, 15) is 9.59 Å². The Bertz CT molecular complexity index is 835. The maximum Gasteiger partial charge on any atom is 0.253 e. The van der Waals surface area contributed by atoms with E-state index in [2.05, 4.69) is 15.5 Å². The average Bonchev–Trinajstić information content (AvgIpc) is 3.53. The summed E-state index contributed by atoms with van der Waals surface area (Å²) in [5.74, 6) is 0.294. The van der Waals surface area contributed by atoms with Crippen LogP contribution in [-0.2, 0) is 4.79 Å². The molecule has 0 unspecified atom stereocenters. The van der Waals surface area contributed by atoms with E-state index in [1.807, 2.05) is 44.4 Å². The predicted octanol–water partition coefficient (Wildman–Crippen LogP) is 3.66. The highest BCUT2D eigenvalue weighted by Crippen LogP contribution is 2.34. The Morgan fingerprint density at radius 2 is 1.72 bits per heavy atom. The Morgan fingerprint density at radius 3 is 2.34 bits per heavy atom. The van der Waals surface area contributed by atoms with E-state index in [1.165, 1.54) is 12.8 Å². The first kappa shape index (κ1) is 21.3. The molecule has 2 amide bonds. The van der Waals surface area contributed by atoms with Crippen LogP contribution < -0.4 is 10.6 Å². The summed E-state index contributed by atoms with van der Waals surface area (Å²) in [7, 11) is 4.09. The van der Waals surface area contributed by atoms with Gasteiger partial charge < -0.3 is 15.5 Å². The van der Waals surface area contributed by atoms with Crippen molar-refractivity contribution in [3.05, 3.63) is 70.7 Å². The Hall–Kier alpha value is -2.37. The molecule has 154 valence electrons. The summed E-state index contributed by atoms with van der Waals surface area (Å²) in [6.07, 6.45) is 2.61. The van der Waals surface area contributed by atoms with Crippen LogP contribution in [0.5, 0.6) is 0 Å². The number of likely N-dealkylation sites (N-methyl/N-ethyl adjacent to an activating group) is 1. The zero-order valence-electron chi connectivity index (χ0n) is 16.9. The fourth-order valence-corrected chi connectivity index (χ4v) is 3.77. The molecule has 0 aromatic heterocycles. The number of nitrogens with zero attached hydrogens (tertiary/aromatic N) is 1. The molecule has 0 saturated heterocycles. The summed E-state index contributed by atoms with van der Waals surface area (Å²) < 4.78 is 0. The molecule has 0 heterocycles. The lowest BCUT2D eigenvalue weighted by Gasteiger charge is -2.25. The smallest absolute Gasteiger partial charge is 0.253 e. The fourth-order valence-electron chi connectivity index (χ4n) is 3.55. The van der Waals surface area contributed by atoms with E-state index in [4.69, 9.17) is 11.6 Å². The zero-order chi connectivity index (χ0) is 20.8. The van der Waals surface area contributed by atoms with E-state index in [1.54, 1.807) is 24.3 Å². The van der Waals surface area contributed by atoms with Gasteiger partial charge in [0.15, 0.2) is 0 Å². The number of carbonyl (C=O) groups is 2. The molecule has 2 aromatic rings. The van der Waals surface area contributed by atoms with Crippen LogP contribution in [0.15, 0.2) is 54.6 Å². The number of amides is 2. The fraction of sp³-hybridized carbons (Fsp3) is 0.391. The van der Waals surface area contributed by atoms with Gasteiger partial charge in [0.2, 0.25) is 5.91 Å². The molecule has 2 atom stereocenters. The van der Waals surface area contributed by atoms with Crippen molar-refractivity contribution in [2.75, 3.05) is 20.6 Å². The van der Waals surface area contributed by atoms with Crippen molar-refractivity contribution in [3.8, 4) is 0 Å². The third-order valence-electron chi connectivity index (χ3n) is 5.35. The van der Waals surface area contributed by atoms with Crippen LogP contribution in [0.1, 0.15) is 41.2 Å². The average molecular weight is 414 g/mol. The molecule has 6 heteroatoms. The van der Waals surface area contributed by atoms with Crippen LogP contribution in [0.25, 0.3) is 0 Å².